The van der Waals surface area contributed by atoms with Crippen LogP contribution >= 0.6 is 0 Å². The normalized spacial score (nSPS) is 13.3. The molecular weight excluding hydrogens is 470 g/mol. The van der Waals surface area contributed by atoms with Gasteiger partial charge in [0.05, 0.1) is 18.8 Å². The molecular formula is C34H67NO3. The van der Waals surface area contributed by atoms with Crippen molar-refractivity contribution in [3.05, 3.63) is 12.2 Å². The Morgan fingerprint density at radius 1 is 0.605 bits per heavy atom. The first-order valence-electron chi connectivity index (χ1n) is 16.9. The van der Waals surface area contributed by atoms with Gasteiger partial charge in [-0.15, -0.1) is 0 Å². The van der Waals surface area contributed by atoms with Crippen molar-refractivity contribution < 1.29 is 15.0 Å². The number of unbranched alkanes of at least 4 members (excludes halogenated alkanes) is 21. The molecule has 226 valence electrons. The maximum absolute atomic E-state index is 12.3. The maximum Gasteiger partial charge on any atom is 0.220 e. The van der Waals surface area contributed by atoms with Gasteiger partial charge < -0.3 is 15.5 Å². The molecule has 2 unspecified atom stereocenters. The van der Waals surface area contributed by atoms with Crippen LogP contribution in [0.1, 0.15) is 181 Å². The van der Waals surface area contributed by atoms with Gasteiger partial charge in [-0.3, -0.25) is 4.79 Å². The van der Waals surface area contributed by atoms with Crippen LogP contribution in [0.4, 0.5) is 0 Å². The van der Waals surface area contributed by atoms with E-state index in [1.807, 2.05) is 0 Å². The van der Waals surface area contributed by atoms with Crippen LogP contribution < -0.4 is 5.32 Å². The molecule has 0 rings (SSSR count). The molecule has 0 saturated heterocycles. The highest BCUT2D eigenvalue weighted by atomic mass is 16.3. The molecule has 0 spiro atoms. The lowest BCUT2D eigenvalue weighted by Gasteiger charge is -2.22. The van der Waals surface area contributed by atoms with E-state index < -0.39 is 12.1 Å². The van der Waals surface area contributed by atoms with Crippen LogP contribution in [-0.2, 0) is 4.79 Å². The highest BCUT2D eigenvalue weighted by Crippen LogP contribution is 2.15. The third kappa shape index (κ3) is 26.7. The van der Waals surface area contributed by atoms with E-state index in [1.165, 1.54) is 128 Å². The molecule has 0 bridgehead atoms. The molecule has 1 amide bonds. The Kier molecular flexibility index (Phi) is 30.0. The predicted octanol–water partition coefficient (Wildman–Crippen LogP) is 9.56. The summed E-state index contributed by atoms with van der Waals surface area (Å²) in [7, 11) is 0. The van der Waals surface area contributed by atoms with Crippen LogP contribution in [-0.4, -0.2) is 34.9 Å². The summed E-state index contributed by atoms with van der Waals surface area (Å²) in [6.07, 6.45) is 35.4. The average Bonchev–Trinajstić information content (AvgIpc) is 2.92. The SMILES string of the molecule is CCCC=CCCCCCCCCCCC(O)C(CO)NC(=O)CCCCCCCCCCCCCCC. The smallest absolute Gasteiger partial charge is 0.220 e. The number of allylic oxidation sites excluding steroid dienone is 2. The number of rotatable bonds is 30. The second-order valence-electron chi connectivity index (χ2n) is 11.6. The molecule has 0 saturated carbocycles. The predicted molar refractivity (Wildman–Crippen MR) is 166 cm³/mol. The quantitative estimate of drug-likeness (QED) is 0.0631. The number of hydrogen-bond acceptors (Lipinski definition) is 3. The van der Waals surface area contributed by atoms with E-state index in [9.17, 15) is 15.0 Å². The molecule has 4 nitrogen and oxygen atoms in total. The van der Waals surface area contributed by atoms with Crippen LogP contribution in [0.5, 0.6) is 0 Å². The highest BCUT2D eigenvalue weighted by Gasteiger charge is 2.19. The number of hydrogen-bond donors (Lipinski definition) is 3. The topological polar surface area (TPSA) is 69.6 Å². The van der Waals surface area contributed by atoms with Gasteiger partial charge in [-0.05, 0) is 32.1 Å². The fourth-order valence-corrected chi connectivity index (χ4v) is 5.13. The molecule has 0 heterocycles. The number of aliphatic hydroxyl groups excluding tert-OH is 2. The molecule has 3 N–H and O–H groups in total. The summed E-state index contributed by atoms with van der Waals surface area (Å²) in [4.78, 5) is 12.3. The Morgan fingerprint density at radius 2 is 1.05 bits per heavy atom. The van der Waals surface area contributed by atoms with Crippen LogP contribution in [0, 0.1) is 0 Å². The van der Waals surface area contributed by atoms with Crippen molar-refractivity contribution in [2.75, 3.05) is 6.61 Å². The minimum absolute atomic E-state index is 0.0352. The van der Waals surface area contributed by atoms with Crippen LogP contribution in [0.2, 0.25) is 0 Å². The number of carbonyl (C=O) groups excluding carboxylic acids is 1. The number of carbonyl (C=O) groups is 1. The van der Waals surface area contributed by atoms with Crippen LogP contribution in [0.25, 0.3) is 0 Å². The second-order valence-corrected chi connectivity index (χ2v) is 11.6. The van der Waals surface area contributed by atoms with E-state index in [0.29, 0.717) is 12.8 Å². The molecule has 0 aromatic carbocycles. The largest absolute Gasteiger partial charge is 0.394 e. The summed E-state index contributed by atoms with van der Waals surface area (Å²) in [6.45, 7) is 4.29. The van der Waals surface area contributed by atoms with Crippen LogP contribution in [0.3, 0.4) is 0 Å². The first-order valence-corrected chi connectivity index (χ1v) is 16.9. The molecule has 0 fully saturated rings. The first-order chi connectivity index (χ1) is 18.7. The van der Waals surface area contributed by atoms with Gasteiger partial charge in [0.2, 0.25) is 5.91 Å². The van der Waals surface area contributed by atoms with Gasteiger partial charge in [0, 0.05) is 6.42 Å². The summed E-state index contributed by atoms with van der Waals surface area (Å²) in [5.41, 5.74) is 0. The second kappa shape index (κ2) is 30.7. The van der Waals surface area contributed by atoms with E-state index in [1.54, 1.807) is 0 Å². The standard InChI is InChI=1S/C34H67NO3/c1-3-5-7-9-11-13-15-17-19-21-23-25-27-29-33(37)32(31-36)35-34(38)30-28-26-24-22-20-18-16-14-12-10-8-6-4-2/h7,9,32-33,36-37H,3-6,8,10-31H2,1-2H3,(H,35,38). The van der Waals surface area contributed by atoms with Crippen molar-refractivity contribution in [2.24, 2.45) is 0 Å². The lowest BCUT2D eigenvalue weighted by molar-refractivity contribution is -0.123. The van der Waals surface area contributed by atoms with Crippen LogP contribution in [0.15, 0.2) is 12.2 Å². The van der Waals surface area contributed by atoms with Gasteiger partial charge in [0.15, 0.2) is 0 Å². The van der Waals surface area contributed by atoms with Gasteiger partial charge in [0.25, 0.3) is 0 Å². The number of amides is 1. The summed E-state index contributed by atoms with van der Waals surface area (Å²) in [5.74, 6) is -0.0352. The minimum atomic E-state index is -0.656. The van der Waals surface area contributed by atoms with Crippen molar-refractivity contribution in [1.29, 1.82) is 0 Å². The Morgan fingerprint density at radius 3 is 1.55 bits per heavy atom. The Labute approximate surface area is 237 Å². The molecule has 0 aromatic rings. The Balaban J connectivity index is 3.57. The molecule has 0 radical (unpaired) electrons. The molecule has 0 aliphatic rings. The zero-order chi connectivity index (χ0) is 27.9. The third-order valence-electron chi connectivity index (χ3n) is 7.76. The summed E-state index contributed by atoms with van der Waals surface area (Å²) < 4.78 is 0. The van der Waals surface area contributed by atoms with E-state index in [4.69, 9.17) is 0 Å². The summed E-state index contributed by atoms with van der Waals surface area (Å²) in [6, 6.07) is -0.532. The zero-order valence-electron chi connectivity index (χ0n) is 25.7. The van der Waals surface area contributed by atoms with Gasteiger partial charge >= 0.3 is 0 Å². The van der Waals surface area contributed by atoms with Crippen molar-refractivity contribution in [3.8, 4) is 0 Å². The molecule has 4 heteroatoms. The van der Waals surface area contributed by atoms with E-state index in [-0.39, 0.29) is 12.5 Å². The van der Waals surface area contributed by atoms with Gasteiger partial charge in [-0.25, -0.2) is 0 Å². The summed E-state index contributed by atoms with van der Waals surface area (Å²) in [5, 5.41) is 23.0. The third-order valence-corrected chi connectivity index (χ3v) is 7.76. The van der Waals surface area contributed by atoms with E-state index in [2.05, 4.69) is 31.3 Å². The first kappa shape index (κ1) is 37.1. The van der Waals surface area contributed by atoms with Crippen molar-refractivity contribution in [1.82, 2.24) is 5.32 Å². The lowest BCUT2D eigenvalue weighted by atomic mass is 10.0. The number of nitrogens with one attached hydrogen (secondary N) is 1. The maximum atomic E-state index is 12.3. The van der Waals surface area contributed by atoms with Crippen molar-refractivity contribution in [2.45, 2.75) is 193 Å². The van der Waals surface area contributed by atoms with Gasteiger partial charge in [-0.2, -0.15) is 0 Å². The molecule has 0 aliphatic carbocycles. The monoisotopic (exact) mass is 538 g/mol. The van der Waals surface area contributed by atoms with E-state index in [0.717, 1.165) is 25.7 Å². The fraction of sp³-hybridized carbons (Fsp3) is 0.912. The average molecular weight is 538 g/mol. The zero-order valence-corrected chi connectivity index (χ0v) is 25.7. The van der Waals surface area contributed by atoms with E-state index >= 15 is 0 Å². The number of aliphatic hydroxyl groups is 2. The molecule has 0 aromatic heterocycles. The minimum Gasteiger partial charge on any atom is -0.394 e. The lowest BCUT2D eigenvalue weighted by Crippen LogP contribution is -2.45. The fourth-order valence-electron chi connectivity index (χ4n) is 5.13. The summed E-state index contributed by atoms with van der Waals surface area (Å²) >= 11 is 0. The van der Waals surface area contributed by atoms with Crippen molar-refractivity contribution in [3.63, 3.8) is 0 Å². The van der Waals surface area contributed by atoms with Gasteiger partial charge in [0.1, 0.15) is 0 Å². The highest BCUT2D eigenvalue weighted by molar-refractivity contribution is 5.76. The Bertz CT molecular complexity index is 508. The Hall–Kier alpha value is -0.870. The molecule has 0 aliphatic heterocycles. The van der Waals surface area contributed by atoms with Crippen molar-refractivity contribution >= 4 is 5.91 Å². The van der Waals surface area contributed by atoms with Gasteiger partial charge in [-0.1, -0.05) is 154 Å². The molecule has 38 heavy (non-hydrogen) atoms. The molecule has 2 atom stereocenters.